The molecular formula is C18H38O4Si3. The first kappa shape index (κ1) is 24.7. The minimum Gasteiger partial charge on any atom is -0.456 e. The highest BCUT2D eigenvalue weighted by atomic mass is 28.4. The normalized spacial score (nSPS) is 12.5. The van der Waals surface area contributed by atoms with Crippen molar-refractivity contribution in [3.63, 3.8) is 0 Å². The van der Waals surface area contributed by atoms with E-state index in [-0.39, 0.29) is 0 Å². The van der Waals surface area contributed by atoms with Crippen LogP contribution in [0.5, 0.6) is 0 Å². The third kappa shape index (κ3) is 11.1. The van der Waals surface area contributed by atoms with Gasteiger partial charge in [-0.25, -0.2) is 0 Å². The molecule has 0 aliphatic heterocycles. The molecule has 1 aromatic carbocycles. The number of rotatable bonds is 9. The second-order valence-corrected chi connectivity index (χ2v) is 19.4. The molecule has 0 unspecified atom stereocenters. The number of hydrogen-bond acceptors (Lipinski definition) is 4. The molecule has 0 heterocycles. The Morgan fingerprint density at radius 2 is 1.00 bits per heavy atom. The topological polar surface area (TPSA) is 36.9 Å². The maximum Gasteiger partial charge on any atom is 0.537 e. The molecule has 4 nitrogen and oxygen atoms in total. The highest BCUT2D eigenvalue weighted by molar-refractivity contribution is 6.83. The summed E-state index contributed by atoms with van der Waals surface area (Å²) in [6, 6.07) is 9.95. The quantitative estimate of drug-likeness (QED) is 0.565. The molecule has 1 aromatic rings. The van der Waals surface area contributed by atoms with Crippen LogP contribution in [0.25, 0.3) is 0 Å². The van der Waals surface area contributed by atoms with E-state index in [0.717, 1.165) is 5.19 Å². The molecule has 0 aliphatic rings. The van der Waals surface area contributed by atoms with Gasteiger partial charge in [0.05, 0.1) is 0 Å². The summed E-state index contributed by atoms with van der Waals surface area (Å²) in [5, 5.41) is 1.03. The van der Waals surface area contributed by atoms with Gasteiger partial charge in [-0.1, -0.05) is 30.3 Å². The van der Waals surface area contributed by atoms with Crippen molar-refractivity contribution in [3.05, 3.63) is 30.3 Å². The van der Waals surface area contributed by atoms with Crippen molar-refractivity contribution in [3.8, 4) is 0 Å². The van der Waals surface area contributed by atoms with E-state index >= 15 is 0 Å². The summed E-state index contributed by atoms with van der Waals surface area (Å²) in [4.78, 5) is 0. The Kier molecular flexibility index (Phi) is 11.3. The average molecular weight is 403 g/mol. The van der Waals surface area contributed by atoms with Gasteiger partial charge in [0, 0.05) is 25.0 Å². The molecule has 7 heteroatoms. The lowest BCUT2D eigenvalue weighted by molar-refractivity contribution is 0.0859. The van der Waals surface area contributed by atoms with Crippen LogP contribution in [-0.4, -0.2) is 45.3 Å². The van der Waals surface area contributed by atoms with E-state index in [2.05, 4.69) is 39.3 Å². The molecule has 1 rings (SSSR count). The van der Waals surface area contributed by atoms with Crippen molar-refractivity contribution in [2.45, 2.75) is 60.1 Å². The average Bonchev–Trinajstić information content (AvgIpc) is 2.46. The Hall–Kier alpha value is -0.289. The minimum absolute atomic E-state index is 0.598. The van der Waals surface area contributed by atoms with Crippen LogP contribution in [0.2, 0.25) is 39.3 Å². The standard InChI is InChI=1S/C12H20O3Si.C6H18OSi2/c1-4-13-16(14-5-2,15-6-3)12-10-8-7-9-11-12;1-8(2,3)7-9(4,5)6/h7-11H,4-6H2,1-3H3;1-6H3. The fourth-order valence-corrected chi connectivity index (χ4v) is 12.3. The number of benzene rings is 1. The van der Waals surface area contributed by atoms with E-state index in [1.807, 2.05) is 51.1 Å². The largest absolute Gasteiger partial charge is 0.537 e. The third-order valence-electron chi connectivity index (χ3n) is 2.74. The first-order valence-electron chi connectivity index (χ1n) is 9.17. The van der Waals surface area contributed by atoms with Gasteiger partial charge in [0.2, 0.25) is 0 Å². The van der Waals surface area contributed by atoms with Crippen molar-refractivity contribution in [2.24, 2.45) is 0 Å². The Labute approximate surface area is 158 Å². The second-order valence-electron chi connectivity index (χ2n) is 7.55. The molecule has 0 spiro atoms. The predicted octanol–water partition coefficient (Wildman–Crippen LogP) is 4.61. The maximum absolute atomic E-state index is 5.90. The highest BCUT2D eigenvalue weighted by Gasteiger charge is 2.42. The van der Waals surface area contributed by atoms with Crippen LogP contribution in [0, 0.1) is 0 Å². The lowest BCUT2D eigenvalue weighted by atomic mass is 10.4. The predicted molar refractivity (Wildman–Crippen MR) is 114 cm³/mol. The van der Waals surface area contributed by atoms with Gasteiger partial charge >= 0.3 is 8.80 Å². The molecule has 0 aromatic heterocycles. The first-order valence-corrected chi connectivity index (χ1v) is 17.7. The Morgan fingerprint density at radius 3 is 1.24 bits per heavy atom. The molecule has 0 saturated heterocycles. The summed E-state index contributed by atoms with van der Waals surface area (Å²) >= 11 is 0. The molecule has 0 fully saturated rings. The van der Waals surface area contributed by atoms with E-state index in [0.29, 0.717) is 19.8 Å². The van der Waals surface area contributed by atoms with Crippen LogP contribution in [0.4, 0.5) is 0 Å². The van der Waals surface area contributed by atoms with E-state index in [1.54, 1.807) is 0 Å². The van der Waals surface area contributed by atoms with Crippen molar-refractivity contribution < 1.29 is 17.4 Å². The van der Waals surface area contributed by atoms with Gasteiger partial charge in [-0.3, -0.25) is 0 Å². The smallest absolute Gasteiger partial charge is 0.456 e. The van der Waals surface area contributed by atoms with Gasteiger partial charge < -0.3 is 17.4 Å². The van der Waals surface area contributed by atoms with Gasteiger partial charge in [-0.2, -0.15) is 0 Å². The van der Waals surface area contributed by atoms with Gasteiger partial charge in [0.25, 0.3) is 0 Å². The fourth-order valence-electron chi connectivity index (χ4n) is 2.51. The zero-order chi connectivity index (χ0) is 19.6. The van der Waals surface area contributed by atoms with Crippen molar-refractivity contribution in [1.82, 2.24) is 0 Å². The minimum atomic E-state index is -2.67. The maximum atomic E-state index is 5.90. The SMILES string of the molecule is CCO[Si](OCC)(OCC)c1ccccc1.C[Si](C)(C)O[Si](C)(C)C. The summed E-state index contributed by atoms with van der Waals surface area (Å²) < 4.78 is 23.3. The lowest BCUT2D eigenvalue weighted by Crippen LogP contribution is -2.56. The van der Waals surface area contributed by atoms with Crippen LogP contribution in [-0.2, 0) is 17.4 Å². The fraction of sp³-hybridized carbons (Fsp3) is 0.667. The molecule has 0 aliphatic carbocycles. The van der Waals surface area contributed by atoms with E-state index in [9.17, 15) is 0 Å². The van der Waals surface area contributed by atoms with Gasteiger partial charge in [-0.15, -0.1) is 0 Å². The molecule has 0 amide bonds. The first-order chi connectivity index (χ1) is 11.5. The Morgan fingerprint density at radius 1 is 0.640 bits per heavy atom. The Balaban J connectivity index is 0.000000547. The molecule has 0 radical (unpaired) electrons. The van der Waals surface area contributed by atoms with E-state index in [1.165, 1.54) is 0 Å². The highest BCUT2D eigenvalue weighted by Crippen LogP contribution is 2.12. The van der Waals surface area contributed by atoms with Gasteiger partial charge in [0.15, 0.2) is 16.6 Å². The zero-order valence-corrected chi connectivity index (χ0v) is 20.6. The van der Waals surface area contributed by atoms with Crippen LogP contribution in [0.15, 0.2) is 30.3 Å². The second kappa shape index (κ2) is 11.4. The molecule has 0 N–H and O–H groups in total. The van der Waals surface area contributed by atoms with Crippen molar-refractivity contribution in [1.29, 1.82) is 0 Å². The summed E-state index contributed by atoms with van der Waals surface area (Å²) in [5.74, 6) is 0. The van der Waals surface area contributed by atoms with Crippen LogP contribution in [0.3, 0.4) is 0 Å². The third-order valence-corrected chi connectivity index (χ3v) is 10.7. The summed E-state index contributed by atoms with van der Waals surface area (Å²) in [6.45, 7) is 21.1. The molecule has 0 saturated carbocycles. The van der Waals surface area contributed by atoms with Gasteiger partial charge in [0.1, 0.15) is 0 Å². The number of hydrogen-bond donors (Lipinski definition) is 0. The molecule has 25 heavy (non-hydrogen) atoms. The molecule has 0 atom stereocenters. The Bertz CT molecular complexity index is 427. The lowest BCUT2D eigenvalue weighted by Gasteiger charge is -2.28. The van der Waals surface area contributed by atoms with Gasteiger partial charge in [-0.05, 0) is 60.1 Å². The van der Waals surface area contributed by atoms with Crippen LogP contribution >= 0.6 is 0 Å². The summed E-state index contributed by atoms with van der Waals surface area (Å²) in [5.41, 5.74) is 0. The summed E-state index contributed by atoms with van der Waals surface area (Å²) in [7, 11) is -5.13. The van der Waals surface area contributed by atoms with Crippen LogP contribution < -0.4 is 5.19 Å². The van der Waals surface area contributed by atoms with E-state index in [4.69, 9.17) is 17.4 Å². The zero-order valence-electron chi connectivity index (χ0n) is 17.6. The molecular weight excluding hydrogens is 364 g/mol. The molecule has 146 valence electrons. The van der Waals surface area contributed by atoms with Crippen LogP contribution in [0.1, 0.15) is 20.8 Å². The monoisotopic (exact) mass is 402 g/mol. The molecule has 0 bridgehead atoms. The summed E-state index contributed by atoms with van der Waals surface area (Å²) in [6.07, 6.45) is 0. The van der Waals surface area contributed by atoms with Crippen molar-refractivity contribution in [2.75, 3.05) is 19.8 Å². The van der Waals surface area contributed by atoms with Crippen molar-refractivity contribution >= 4 is 30.6 Å². The van der Waals surface area contributed by atoms with E-state index < -0.39 is 25.4 Å².